The largest absolute Gasteiger partial charge is 0.465 e. The molecule has 0 spiro atoms. The third-order valence-corrected chi connectivity index (χ3v) is 4.05. The van der Waals surface area contributed by atoms with Crippen molar-refractivity contribution in [3.8, 4) is 0 Å². The van der Waals surface area contributed by atoms with Crippen LogP contribution >= 0.6 is 0 Å². The molecule has 0 amide bonds. The van der Waals surface area contributed by atoms with Gasteiger partial charge in [0.15, 0.2) is 0 Å². The van der Waals surface area contributed by atoms with Gasteiger partial charge in [-0.25, -0.2) is 9.78 Å². The number of benzene rings is 2. The van der Waals surface area contributed by atoms with Crippen LogP contribution in [0.25, 0.3) is 0 Å². The van der Waals surface area contributed by atoms with E-state index in [1.54, 1.807) is 30.5 Å². The highest BCUT2D eigenvalue weighted by Gasteiger charge is 2.13. The Kier molecular flexibility index (Phi) is 5.07. The van der Waals surface area contributed by atoms with Crippen LogP contribution in [-0.2, 0) is 17.7 Å². The Hall–Kier alpha value is -3.48. The number of nitro benzene ring substituents is 1. The van der Waals surface area contributed by atoms with Gasteiger partial charge in [-0.2, -0.15) is 0 Å². The number of hydrogen-bond donors (Lipinski definition) is 0. The van der Waals surface area contributed by atoms with E-state index in [9.17, 15) is 14.9 Å². The van der Waals surface area contributed by atoms with E-state index in [0.29, 0.717) is 18.5 Å². The number of nitrogens with zero attached hydrogens (tertiary/aromatic N) is 3. The molecule has 1 aromatic heterocycles. The van der Waals surface area contributed by atoms with E-state index in [4.69, 9.17) is 4.74 Å². The average molecular weight is 351 g/mol. The number of non-ortho nitro benzene ring substituents is 1. The van der Waals surface area contributed by atoms with Crippen molar-refractivity contribution >= 4 is 11.7 Å². The fourth-order valence-corrected chi connectivity index (χ4v) is 2.76. The smallest absolute Gasteiger partial charge is 0.338 e. The van der Waals surface area contributed by atoms with E-state index >= 15 is 0 Å². The highest BCUT2D eigenvalue weighted by molar-refractivity contribution is 5.90. The highest BCUT2D eigenvalue weighted by Crippen LogP contribution is 2.18. The molecule has 0 fully saturated rings. The summed E-state index contributed by atoms with van der Waals surface area (Å²) >= 11 is 0. The number of hydrogen-bond acceptors (Lipinski definition) is 5. The highest BCUT2D eigenvalue weighted by atomic mass is 16.6. The van der Waals surface area contributed by atoms with Crippen LogP contribution in [0.1, 0.15) is 27.3 Å². The molecule has 26 heavy (non-hydrogen) atoms. The maximum absolute atomic E-state index is 11.9. The summed E-state index contributed by atoms with van der Waals surface area (Å²) in [6.07, 6.45) is 3.95. The molecule has 0 bridgehead atoms. The topological polar surface area (TPSA) is 87.3 Å². The fraction of sp³-hybridized carbons (Fsp3) is 0.158. The molecule has 0 aliphatic rings. The summed E-state index contributed by atoms with van der Waals surface area (Å²) in [6.45, 7) is 0.454. The van der Waals surface area contributed by atoms with Crippen molar-refractivity contribution in [1.29, 1.82) is 0 Å². The van der Waals surface area contributed by atoms with Gasteiger partial charge in [0.05, 0.1) is 17.6 Å². The molecule has 0 atom stereocenters. The number of rotatable bonds is 6. The van der Waals surface area contributed by atoms with E-state index < -0.39 is 4.92 Å². The Morgan fingerprint density at radius 3 is 2.81 bits per heavy atom. The number of methoxy groups -OCH3 is 1. The van der Waals surface area contributed by atoms with Crippen LogP contribution in [0.4, 0.5) is 5.69 Å². The summed E-state index contributed by atoms with van der Waals surface area (Å²) in [7, 11) is 1.35. The number of esters is 1. The standard InChI is InChI=1S/C19H17N3O4/c1-26-19(23)17-8-3-2-6-15(17)13-21-10-9-20-18(21)12-14-5-4-7-16(11-14)22(24)25/h2-11H,12-13H2,1H3. The van der Waals surface area contributed by atoms with Crippen LogP contribution < -0.4 is 0 Å². The molecule has 0 aliphatic carbocycles. The zero-order valence-corrected chi connectivity index (χ0v) is 14.2. The molecule has 132 valence electrons. The summed E-state index contributed by atoms with van der Waals surface area (Å²) in [5, 5.41) is 10.9. The molecular formula is C19H17N3O4. The summed E-state index contributed by atoms with van der Waals surface area (Å²) in [5.41, 5.74) is 2.17. The van der Waals surface area contributed by atoms with Crippen LogP contribution in [0.2, 0.25) is 0 Å². The minimum absolute atomic E-state index is 0.0524. The molecule has 1 heterocycles. The molecule has 0 saturated carbocycles. The van der Waals surface area contributed by atoms with Gasteiger partial charge in [-0.05, 0) is 17.2 Å². The average Bonchev–Trinajstić information content (AvgIpc) is 3.08. The van der Waals surface area contributed by atoms with Crippen molar-refractivity contribution < 1.29 is 14.5 Å². The number of carbonyl (C=O) groups excluding carboxylic acids is 1. The number of imidazole rings is 1. The molecule has 0 radical (unpaired) electrons. The summed E-state index contributed by atoms with van der Waals surface area (Å²) < 4.78 is 6.75. The van der Waals surface area contributed by atoms with Crippen molar-refractivity contribution in [2.24, 2.45) is 0 Å². The number of nitro groups is 1. The third-order valence-electron chi connectivity index (χ3n) is 4.05. The second-order valence-electron chi connectivity index (χ2n) is 5.72. The molecule has 2 aromatic carbocycles. The number of aromatic nitrogens is 2. The predicted molar refractivity (Wildman–Crippen MR) is 95.0 cm³/mol. The van der Waals surface area contributed by atoms with Gasteiger partial charge in [-0.1, -0.05) is 30.3 Å². The first-order valence-corrected chi connectivity index (χ1v) is 7.98. The molecule has 0 unspecified atom stereocenters. The van der Waals surface area contributed by atoms with E-state index in [1.807, 2.05) is 29.0 Å². The second-order valence-corrected chi connectivity index (χ2v) is 5.72. The van der Waals surface area contributed by atoms with Crippen molar-refractivity contribution in [2.45, 2.75) is 13.0 Å². The first kappa shape index (κ1) is 17.3. The van der Waals surface area contributed by atoms with E-state index in [2.05, 4.69) is 4.98 Å². The van der Waals surface area contributed by atoms with Gasteiger partial charge < -0.3 is 9.30 Å². The fourth-order valence-electron chi connectivity index (χ4n) is 2.76. The first-order chi connectivity index (χ1) is 12.6. The summed E-state index contributed by atoms with van der Waals surface area (Å²) in [4.78, 5) is 26.8. The Morgan fingerprint density at radius 1 is 1.23 bits per heavy atom. The maximum atomic E-state index is 11.9. The molecule has 0 saturated heterocycles. The molecule has 0 N–H and O–H groups in total. The lowest BCUT2D eigenvalue weighted by molar-refractivity contribution is -0.384. The third kappa shape index (κ3) is 3.77. The van der Waals surface area contributed by atoms with Gasteiger partial charge in [-0.15, -0.1) is 0 Å². The van der Waals surface area contributed by atoms with Crippen molar-refractivity contribution in [2.75, 3.05) is 7.11 Å². The zero-order valence-electron chi connectivity index (χ0n) is 14.2. The lowest BCUT2D eigenvalue weighted by atomic mass is 10.1. The molecule has 3 rings (SSSR count). The summed E-state index contributed by atoms with van der Waals surface area (Å²) in [6, 6.07) is 13.7. The van der Waals surface area contributed by atoms with Gasteiger partial charge in [0.25, 0.3) is 5.69 Å². The maximum Gasteiger partial charge on any atom is 0.338 e. The number of ether oxygens (including phenoxy) is 1. The SMILES string of the molecule is COC(=O)c1ccccc1Cn1ccnc1Cc1cccc([N+](=O)[O-])c1. The quantitative estimate of drug-likeness (QED) is 0.386. The van der Waals surface area contributed by atoms with Crippen molar-refractivity contribution in [1.82, 2.24) is 9.55 Å². The summed E-state index contributed by atoms with van der Waals surface area (Å²) in [5.74, 6) is 0.367. The lowest BCUT2D eigenvalue weighted by Crippen LogP contribution is -2.11. The minimum atomic E-state index is -0.414. The van der Waals surface area contributed by atoms with Crippen LogP contribution in [0.5, 0.6) is 0 Å². The van der Waals surface area contributed by atoms with Gasteiger partial charge in [0.1, 0.15) is 5.82 Å². The van der Waals surface area contributed by atoms with Crippen LogP contribution in [0, 0.1) is 10.1 Å². The first-order valence-electron chi connectivity index (χ1n) is 7.98. The number of carbonyl (C=O) groups is 1. The molecular weight excluding hydrogens is 334 g/mol. The molecule has 7 heteroatoms. The molecule has 0 aliphatic heterocycles. The van der Waals surface area contributed by atoms with Crippen LogP contribution in [0.15, 0.2) is 60.9 Å². The zero-order chi connectivity index (χ0) is 18.5. The van der Waals surface area contributed by atoms with Crippen LogP contribution in [0.3, 0.4) is 0 Å². The van der Waals surface area contributed by atoms with E-state index in [-0.39, 0.29) is 11.7 Å². The lowest BCUT2D eigenvalue weighted by Gasteiger charge is -2.11. The van der Waals surface area contributed by atoms with Crippen molar-refractivity contribution in [3.05, 3.63) is 93.6 Å². The van der Waals surface area contributed by atoms with Crippen LogP contribution in [-0.4, -0.2) is 27.6 Å². The molecule has 3 aromatic rings. The Balaban J connectivity index is 1.85. The van der Waals surface area contributed by atoms with E-state index in [1.165, 1.54) is 13.2 Å². The van der Waals surface area contributed by atoms with E-state index in [0.717, 1.165) is 17.0 Å². The van der Waals surface area contributed by atoms with Crippen molar-refractivity contribution in [3.63, 3.8) is 0 Å². The normalized spacial score (nSPS) is 10.5. The predicted octanol–water partition coefficient (Wildman–Crippen LogP) is 3.22. The Bertz CT molecular complexity index is 949. The van der Waals surface area contributed by atoms with Gasteiger partial charge in [-0.3, -0.25) is 10.1 Å². The monoisotopic (exact) mass is 351 g/mol. The van der Waals surface area contributed by atoms with Gasteiger partial charge >= 0.3 is 5.97 Å². The second kappa shape index (κ2) is 7.60. The Morgan fingerprint density at radius 2 is 2.04 bits per heavy atom. The van der Waals surface area contributed by atoms with Gasteiger partial charge in [0.2, 0.25) is 0 Å². The Labute approximate surface area is 150 Å². The van der Waals surface area contributed by atoms with Gasteiger partial charge in [0, 0.05) is 37.5 Å². The minimum Gasteiger partial charge on any atom is -0.465 e. The molecule has 7 nitrogen and oxygen atoms in total.